The van der Waals surface area contributed by atoms with E-state index < -0.39 is 0 Å². The maximum atomic E-state index is 12.4. The van der Waals surface area contributed by atoms with Crippen LogP contribution in [0.15, 0.2) is 10.9 Å². The molecule has 0 radical (unpaired) electrons. The Hall–Kier alpha value is -2.51. The second-order valence-corrected chi connectivity index (χ2v) is 7.96. The molecular formula is C19H26N6O2. The summed E-state index contributed by atoms with van der Waals surface area (Å²) in [5.74, 6) is 3.21. The maximum absolute atomic E-state index is 12.4. The summed E-state index contributed by atoms with van der Waals surface area (Å²) in [6, 6.07) is 0. The first kappa shape index (κ1) is 17.9. The predicted molar refractivity (Wildman–Crippen MR) is 98.8 cm³/mol. The van der Waals surface area contributed by atoms with Crippen molar-refractivity contribution in [1.82, 2.24) is 25.0 Å². The molecular weight excluding hydrogens is 344 g/mol. The van der Waals surface area contributed by atoms with Gasteiger partial charge in [0.05, 0.1) is 18.8 Å². The van der Waals surface area contributed by atoms with E-state index in [1.54, 1.807) is 6.33 Å². The van der Waals surface area contributed by atoms with Crippen molar-refractivity contribution in [3.63, 3.8) is 0 Å². The van der Waals surface area contributed by atoms with Gasteiger partial charge >= 0.3 is 0 Å². The lowest BCUT2D eigenvalue weighted by molar-refractivity contribution is -0.133. The maximum Gasteiger partial charge on any atom is 0.226 e. The summed E-state index contributed by atoms with van der Waals surface area (Å²) >= 11 is 0. The highest BCUT2D eigenvalue weighted by Gasteiger charge is 2.35. The van der Waals surface area contributed by atoms with E-state index in [0.717, 1.165) is 49.3 Å². The summed E-state index contributed by atoms with van der Waals surface area (Å²) in [5.41, 5.74) is 2.06. The smallest absolute Gasteiger partial charge is 0.226 e. The number of hydrogen-bond acceptors (Lipinski definition) is 7. The van der Waals surface area contributed by atoms with Gasteiger partial charge in [-0.15, -0.1) is 0 Å². The third kappa shape index (κ3) is 3.94. The lowest BCUT2D eigenvalue weighted by atomic mass is 10.0. The van der Waals surface area contributed by atoms with E-state index in [1.165, 1.54) is 0 Å². The molecule has 0 saturated heterocycles. The second-order valence-electron chi connectivity index (χ2n) is 7.96. The molecule has 0 N–H and O–H groups in total. The van der Waals surface area contributed by atoms with Crippen molar-refractivity contribution < 1.29 is 9.32 Å². The van der Waals surface area contributed by atoms with Crippen molar-refractivity contribution in [1.29, 1.82) is 0 Å². The van der Waals surface area contributed by atoms with Gasteiger partial charge in [0.2, 0.25) is 11.8 Å². The van der Waals surface area contributed by atoms with Crippen LogP contribution in [0.4, 0.5) is 5.82 Å². The minimum atomic E-state index is 0.244. The zero-order valence-corrected chi connectivity index (χ0v) is 16.2. The number of anilines is 1. The molecule has 8 nitrogen and oxygen atoms in total. The van der Waals surface area contributed by atoms with Crippen molar-refractivity contribution >= 4 is 11.7 Å². The molecule has 0 aromatic carbocycles. The molecule has 144 valence electrons. The molecule has 1 aliphatic heterocycles. The highest BCUT2D eigenvalue weighted by molar-refractivity contribution is 5.81. The molecule has 1 fully saturated rings. The van der Waals surface area contributed by atoms with Gasteiger partial charge in [0.1, 0.15) is 12.1 Å². The van der Waals surface area contributed by atoms with Crippen LogP contribution in [0.3, 0.4) is 0 Å². The monoisotopic (exact) mass is 370 g/mol. The quantitative estimate of drug-likeness (QED) is 0.768. The molecule has 4 rings (SSSR count). The number of nitrogens with zero attached hydrogens (tertiary/aromatic N) is 6. The van der Waals surface area contributed by atoms with Crippen LogP contribution in [0.25, 0.3) is 0 Å². The summed E-state index contributed by atoms with van der Waals surface area (Å²) in [4.78, 5) is 29.7. The second kappa shape index (κ2) is 7.25. The van der Waals surface area contributed by atoms with Crippen LogP contribution < -0.4 is 4.90 Å². The van der Waals surface area contributed by atoms with Gasteiger partial charge in [-0.2, -0.15) is 4.98 Å². The van der Waals surface area contributed by atoms with Gasteiger partial charge < -0.3 is 14.3 Å². The minimum absolute atomic E-state index is 0.244. The highest BCUT2D eigenvalue weighted by Crippen LogP contribution is 2.33. The number of hydrogen-bond donors (Lipinski definition) is 0. The van der Waals surface area contributed by atoms with E-state index in [-0.39, 0.29) is 11.8 Å². The first-order chi connectivity index (χ1) is 13.0. The standard InChI is InChI=1S/C19H26N6O2/c1-12(2)8-17-22-16(23-27-17)10-24(3)18-14-6-7-25(19(26)13-4-5-13)9-15(14)20-11-21-18/h11-13H,4-10H2,1-3H3. The predicted octanol–water partition coefficient (Wildman–Crippen LogP) is 1.99. The van der Waals surface area contributed by atoms with Crippen LogP contribution >= 0.6 is 0 Å². The van der Waals surface area contributed by atoms with Gasteiger partial charge in [-0.05, 0) is 25.2 Å². The van der Waals surface area contributed by atoms with Crippen LogP contribution in [0.5, 0.6) is 0 Å². The fourth-order valence-electron chi connectivity index (χ4n) is 3.52. The molecule has 0 unspecified atom stereocenters. The molecule has 8 heteroatoms. The molecule has 2 aromatic heterocycles. The topological polar surface area (TPSA) is 88.3 Å². The minimum Gasteiger partial charge on any atom is -0.352 e. The van der Waals surface area contributed by atoms with E-state index >= 15 is 0 Å². The van der Waals surface area contributed by atoms with Gasteiger partial charge in [0, 0.05) is 31.5 Å². The summed E-state index contributed by atoms with van der Waals surface area (Å²) in [7, 11) is 1.98. The number of carbonyl (C=O) groups excluding carboxylic acids is 1. The van der Waals surface area contributed by atoms with Crippen LogP contribution in [-0.4, -0.2) is 44.5 Å². The number of carbonyl (C=O) groups is 1. The van der Waals surface area contributed by atoms with Gasteiger partial charge in [-0.1, -0.05) is 19.0 Å². The van der Waals surface area contributed by atoms with E-state index in [9.17, 15) is 4.79 Å². The summed E-state index contributed by atoms with van der Waals surface area (Å²) in [5, 5.41) is 4.08. The van der Waals surface area contributed by atoms with Crippen LogP contribution in [0, 0.1) is 11.8 Å². The molecule has 0 bridgehead atoms. The van der Waals surface area contributed by atoms with Crippen LogP contribution in [-0.2, 0) is 30.7 Å². The van der Waals surface area contributed by atoms with E-state index in [4.69, 9.17) is 4.52 Å². The Balaban J connectivity index is 1.47. The Morgan fingerprint density at radius 3 is 2.93 bits per heavy atom. The lowest BCUT2D eigenvalue weighted by Gasteiger charge is -2.30. The normalized spacial score (nSPS) is 16.5. The Kier molecular flexibility index (Phi) is 4.80. The van der Waals surface area contributed by atoms with Crippen LogP contribution in [0.2, 0.25) is 0 Å². The van der Waals surface area contributed by atoms with E-state index in [0.29, 0.717) is 30.7 Å². The number of fused-ring (bicyclic) bond motifs is 1. The molecule has 1 saturated carbocycles. The fraction of sp³-hybridized carbons (Fsp3) is 0.632. The molecule has 2 aliphatic rings. The van der Waals surface area contributed by atoms with Crippen molar-refractivity contribution in [3.8, 4) is 0 Å². The highest BCUT2D eigenvalue weighted by atomic mass is 16.5. The Morgan fingerprint density at radius 1 is 1.37 bits per heavy atom. The van der Waals surface area contributed by atoms with Gasteiger partial charge in [0.25, 0.3) is 0 Å². The van der Waals surface area contributed by atoms with Gasteiger partial charge in [-0.3, -0.25) is 4.79 Å². The molecule has 0 atom stereocenters. The Labute approximate surface area is 159 Å². The third-order valence-electron chi connectivity index (χ3n) is 5.06. The molecule has 0 spiro atoms. The van der Waals surface area contributed by atoms with E-state index in [1.807, 2.05) is 16.8 Å². The van der Waals surface area contributed by atoms with Crippen molar-refractivity contribution in [2.24, 2.45) is 11.8 Å². The Bertz CT molecular complexity index is 829. The largest absolute Gasteiger partial charge is 0.352 e. The zero-order chi connectivity index (χ0) is 19.0. The van der Waals surface area contributed by atoms with Gasteiger partial charge in [-0.25, -0.2) is 9.97 Å². The summed E-state index contributed by atoms with van der Waals surface area (Å²) < 4.78 is 5.33. The summed E-state index contributed by atoms with van der Waals surface area (Å²) in [6.07, 6.45) is 5.20. The number of rotatable bonds is 6. The zero-order valence-electron chi connectivity index (χ0n) is 16.2. The van der Waals surface area contributed by atoms with E-state index in [2.05, 4.69) is 34.0 Å². The first-order valence-electron chi connectivity index (χ1n) is 9.65. The van der Waals surface area contributed by atoms with Gasteiger partial charge in [0.15, 0.2) is 5.82 Å². The number of amides is 1. The number of aromatic nitrogens is 4. The van der Waals surface area contributed by atoms with Crippen molar-refractivity contribution in [3.05, 3.63) is 29.3 Å². The summed E-state index contributed by atoms with van der Waals surface area (Å²) in [6.45, 7) is 6.09. The SMILES string of the molecule is CC(C)Cc1nc(CN(C)c2ncnc3c2CCN(C(=O)C2CC2)C3)no1. The average Bonchev–Trinajstić information content (AvgIpc) is 3.41. The lowest BCUT2D eigenvalue weighted by Crippen LogP contribution is -2.38. The van der Waals surface area contributed by atoms with Crippen LogP contribution in [0.1, 0.15) is 49.7 Å². The molecule has 1 aliphatic carbocycles. The fourth-order valence-corrected chi connectivity index (χ4v) is 3.52. The molecule has 1 amide bonds. The van der Waals surface area contributed by atoms with Crippen molar-refractivity contribution in [2.75, 3.05) is 18.5 Å². The molecule has 27 heavy (non-hydrogen) atoms. The first-order valence-corrected chi connectivity index (χ1v) is 9.65. The Morgan fingerprint density at radius 2 is 2.19 bits per heavy atom. The molecule has 2 aromatic rings. The van der Waals surface area contributed by atoms with Crippen molar-refractivity contribution in [2.45, 2.75) is 52.6 Å². The third-order valence-corrected chi connectivity index (χ3v) is 5.06. The average molecular weight is 370 g/mol. The molecule has 3 heterocycles.